The van der Waals surface area contributed by atoms with E-state index in [4.69, 9.17) is 4.74 Å². The van der Waals surface area contributed by atoms with E-state index in [9.17, 15) is 19.8 Å². The summed E-state index contributed by atoms with van der Waals surface area (Å²) in [5.41, 5.74) is 0. The smallest absolute Gasteiger partial charge is 0.305 e. The molecule has 0 heterocycles. The van der Waals surface area contributed by atoms with Crippen LogP contribution in [0.1, 0.15) is 354 Å². The van der Waals surface area contributed by atoms with Crippen LogP contribution in [0, 0.1) is 0 Å². The molecule has 0 aromatic heterocycles. The molecule has 0 radical (unpaired) electrons. The quantitative estimate of drug-likeness (QED) is 0.0320. The predicted molar refractivity (Wildman–Crippen MR) is 329 cm³/mol. The van der Waals surface area contributed by atoms with Crippen LogP contribution in [0.25, 0.3) is 0 Å². The van der Waals surface area contributed by atoms with Crippen LogP contribution >= 0.6 is 0 Å². The molecule has 440 valence electrons. The Bertz CT molecular complexity index is 1260. The first kappa shape index (κ1) is 72.8. The van der Waals surface area contributed by atoms with Crippen LogP contribution in [0.2, 0.25) is 0 Å². The zero-order valence-electron chi connectivity index (χ0n) is 50.3. The summed E-state index contributed by atoms with van der Waals surface area (Å²) in [6.07, 6.45) is 83.2. The number of nitrogens with one attached hydrogen (secondary N) is 1. The minimum absolute atomic E-state index is 0.0436. The maximum absolute atomic E-state index is 12.5. The molecule has 0 aliphatic rings. The highest BCUT2D eigenvalue weighted by Crippen LogP contribution is 2.18. The lowest BCUT2D eigenvalue weighted by Crippen LogP contribution is -2.45. The highest BCUT2D eigenvalue weighted by atomic mass is 16.5. The number of ether oxygens (including phenoxy) is 1. The normalized spacial score (nSPS) is 12.9. The molecule has 2 atom stereocenters. The first-order valence-electron chi connectivity index (χ1n) is 33.4. The topological polar surface area (TPSA) is 95.9 Å². The number of hydrogen-bond acceptors (Lipinski definition) is 5. The molecule has 6 heteroatoms. The van der Waals surface area contributed by atoms with E-state index < -0.39 is 12.1 Å². The molecule has 3 N–H and O–H groups in total. The van der Waals surface area contributed by atoms with Gasteiger partial charge >= 0.3 is 5.97 Å². The van der Waals surface area contributed by atoms with Gasteiger partial charge in [-0.05, 0) is 77.0 Å². The molecule has 0 aliphatic heterocycles. The molecule has 0 saturated carbocycles. The Labute approximate surface area is 467 Å². The van der Waals surface area contributed by atoms with Crippen LogP contribution in [0.3, 0.4) is 0 Å². The summed E-state index contributed by atoms with van der Waals surface area (Å²) < 4.78 is 5.42. The molecule has 0 aliphatic carbocycles. The Morgan fingerprint density at radius 2 is 0.667 bits per heavy atom. The van der Waals surface area contributed by atoms with Crippen molar-refractivity contribution >= 4 is 11.9 Å². The van der Waals surface area contributed by atoms with Crippen LogP contribution in [0.15, 0.2) is 48.6 Å². The van der Waals surface area contributed by atoms with Gasteiger partial charge in [0, 0.05) is 12.8 Å². The molecule has 0 fully saturated rings. The Kier molecular flexibility index (Phi) is 62.5. The monoisotopic (exact) mass is 1050 g/mol. The Hall–Kier alpha value is -2.18. The third kappa shape index (κ3) is 60.9. The number of aliphatic hydroxyl groups excluding tert-OH is 2. The summed E-state index contributed by atoms with van der Waals surface area (Å²) in [5, 5.41) is 23.2. The fourth-order valence-corrected chi connectivity index (χ4v) is 10.2. The Morgan fingerprint density at radius 3 is 1.03 bits per heavy atom. The number of esters is 1. The standard InChI is InChI=1S/C69H129NO5/c1-3-5-7-9-11-13-15-17-19-20-21-22-24-27-30-34-37-41-45-49-53-57-61-67(72)66(65-71)70-68(73)62-58-54-50-46-42-38-35-31-28-25-23-26-29-32-36-40-44-48-52-56-60-64-75-69(74)63-59-55-51-47-43-39-33-18-16-14-12-10-8-6-4-2/h18,33,40,44,52,56-57,61,66-67,71-72H,3-17,19-32,34-39,41-43,45-51,53-55,58-60,62-65H2,1-2H3,(H,70,73)/b33-18-,44-40-,56-52-,61-57+. The minimum atomic E-state index is -0.850. The molecule has 75 heavy (non-hydrogen) atoms. The van der Waals surface area contributed by atoms with Gasteiger partial charge in [-0.1, -0.05) is 313 Å². The lowest BCUT2D eigenvalue weighted by atomic mass is 10.0. The van der Waals surface area contributed by atoms with Crippen molar-refractivity contribution in [3.8, 4) is 0 Å². The molecule has 2 unspecified atom stereocenters. The predicted octanol–water partition coefficient (Wildman–Crippen LogP) is 21.3. The number of allylic oxidation sites excluding steroid dienone is 6. The number of aliphatic hydroxyl groups is 2. The van der Waals surface area contributed by atoms with E-state index in [1.807, 2.05) is 6.08 Å². The average Bonchev–Trinajstić information content (AvgIpc) is 3.41. The van der Waals surface area contributed by atoms with Gasteiger partial charge in [-0.15, -0.1) is 0 Å². The van der Waals surface area contributed by atoms with E-state index in [0.717, 1.165) is 51.4 Å². The zero-order valence-corrected chi connectivity index (χ0v) is 50.3. The first-order chi connectivity index (χ1) is 37.0. The van der Waals surface area contributed by atoms with Crippen molar-refractivity contribution in [1.29, 1.82) is 0 Å². The lowest BCUT2D eigenvalue weighted by Gasteiger charge is -2.20. The van der Waals surface area contributed by atoms with Gasteiger partial charge in [0.1, 0.15) is 0 Å². The second-order valence-electron chi connectivity index (χ2n) is 22.8. The number of hydrogen-bond donors (Lipinski definition) is 3. The average molecular weight is 1050 g/mol. The summed E-state index contributed by atoms with van der Waals surface area (Å²) in [5.74, 6) is -0.114. The second-order valence-corrected chi connectivity index (χ2v) is 22.8. The lowest BCUT2D eigenvalue weighted by molar-refractivity contribution is -0.143. The number of carbonyl (C=O) groups excluding carboxylic acids is 2. The molecule has 0 aromatic rings. The van der Waals surface area contributed by atoms with Crippen molar-refractivity contribution < 1.29 is 24.5 Å². The van der Waals surface area contributed by atoms with Gasteiger partial charge < -0.3 is 20.3 Å². The summed E-state index contributed by atoms with van der Waals surface area (Å²) in [4.78, 5) is 24.5. The van der Waals surface area contributed by atoms with Crippen LogP contribution in [-0.4, -0.2) is 47.4 Å². The van der Waals surface area contributed by atoms with Crippen LogP contribution < -0.4 is 5.32 Å². The van der Waals surface area contributed by atoms with Gasteiger partial charge in [0.15, 0.2) is 0 Å². The van der Waals surface area contributed by atoms with Crippen LogP contribution in [0.4, 0.5) is 0 Å². The molecule has 0 aromatic carbocycles. The van der Waals surface area contributed by atoms with E-state index in [0.29, 0.717) is 19.4 Å². The van der Waals surface area contributed by atoms with E-state index in [1.165, 1.54) is 276 Å². The van der Waals surface area contributed by atoms with Gasteiger partial charge in [-0.3, -0.25) is 9.59 Å². The van der Waals surface area contributed by atoms with E-state index in [-0.39, 0.29) is 18.5 Å². The van der Waals surface area contributed by atoms with Crippen molar-refractivity contribution in [2.24, 2.45) is 0 Å². The van der Waals surface area contributed by atoms with Gasteiger partial charge in [-0.2, -0.15) is 0 Å². The Balaban J connectivity index is 3.48. The molecular formula is C69H129NO5. The maximum Gasteiger partial charge on any atom is 0.305 e. The van der Waals surface area contributed by atoms with Crippen molar-refractivity contribution in [3.63, 3.8) is 0 Å². The summed E-state index contributed by atoms with van der Waals surface area (Å²) in [6, 6.07) is -0.634. The van der Waals surface area contributed by atoms with Gasteiger partial charge in [0.2, 0.25) is 5.91 Å². The number of rotatable bonds is 62. The van der Waals surface area contributed by atoms with Crippen molar-refractivity contribution in [1.82, 2.24) is 5.32 Å². The maximum atomic E-state index is 12.5. The number of amides is 1. The second kappa shape index (κ2) is 64.3. The first-order valence-corrected chi connectivity index (χ1v) is 33.4. The highest BCUT2D eigenvalue weighted by molar-refractivity contribution is 5.76. The molecule has 6 nitrogen and oxygen atoms in total. The molecule has 1 amide bonds. The minimum Gasteiger partial charge on any atom is -0.465 e. The number of carbonyl (C=O) groups is 2. The van der Waals surface area contributed by atoms with E-state index in [1.54, 1.807) is 6.08 Å². The van der Waals surface area contributed by atoms with Gasteiger partial charge in [0.25, 0.3) is 0 Å². The summed E-state index contributed by atoms with van der Waals surface area (Å²) in [6.45, 7) is 4.81. The SMILES string of the molecule is CCCCCCCC/C=C\CCCCCCCC(=O)OCC/C=C\C/C=C\CCCCCCCCCCCCCCCCC(=O)NC(CO)C(O)/C=C/CCCCCCCCCCCCCCCCCCCCCC. The van der Waals surface area contributed by atoms with E-state index in [2.05, 4.69) is 55.6 Å². The van der Waals surface area contributed by atoms with Gasteiger partial charge in [-0.25, -0.2) is 0 Å². The fraction of sp³-hybridized carbons (Fsp3) is 0.855. The summed E-state index contributed by atoms with van der Waals surface area (Å²) in [7, 11) is 0. The third-order valence-electron chi connectivity index (χ3n) is 15.3. The van der Waals surface area contributed by atoms with Crippen molar-refractivity contribution in [3.05, 3.63) is 48.6 Å². The number of unbranched alkanes of at least 4 members (excludes halogenated alkanes) is 45. The highest BCUT2D eigenvalue weighted by Gasteiger charge is 2.18. The molecule has 0 saturated heterocycles. The third-order valence-corrected chi connectivity index (χ3v) is 15.3. The molecule has 0 spiro atoms. The molecule has 0 bridgehead atoms. The molecular weight excluding hydrogens is 923 g/mol. The van der Waals surface area contributed by atoms with Crippen molar-refractivity contribution in [2.45, 2.75) is 366 Å². The Morgan fingerprint density at radius 1 is 0.373 bits per heavy atom. The van der Waals surface area contributed by atoms with Crippen LogP contribution in [0.5, 0.6) is 0 Å². The largest absolute Gasteiger partial charge is 0.465 e. The van der Waals surface area contributed by atoms with E-state index >= 15 is 0 Å². The van der Waals surface area contributed by atoms with Crippen molar-refractivity contribution in [2.75, 3.05) is 13.2 Å². The fourth-order valence-electron chi connectivity index (χ4n) is 10.2. The van der Waals surface area contributed by atoms with Gasteiger partial charge in [0.05, 0.1) is 25.4 Å². The zero-order chi connectivity index (χ0) is 54.3. The molecule has 0 rings (SSSR count). The summed E-state index contributed by atoms with van der Waals surface area (Å²) >= 11 is 0. The van der Waals surface area contributed by atoms with Crippen LogP contribution in [-0.2, 0) is 14.3 Å².